The lowest BCUT2D eigenvalue weighted by atomic mass is 10.0. The molecule has 0 saturated heterocycles. The highest BCUT2D eigenvalue weighted by Gasteiger charge is 2.11. The first kappa shape index (κ1) is 14.6. The van der Waals surface area contributed by atoms with Gasteiger partial charge in [-0.1, -0.05) is 30.3 Å². The highest BCUT2D eigenvalue weighted by Crippen LogP contribution is 2.21. The van der Waals surface area contributed by atoms with Crippen molar-refractivity contribution in [1.29, 1.82) is 0 Å². The zero-order valence-electron chi connectivity index (χ0n) is 11.7. The highest BCUT2D eigenvalue weighted by molar-refractivity contribution is 6.10. The first-order valence-corrected chi connectivity index (χ1v) is 6.66. The van der Waals surface area contributed by atoms with Crippen molar-refractivity contribution < 1.29 is 9.59 Å². The number of ketones is 1. The van der Waals surface area contributed by atoms with Crippen molar-refractivity contribution in [2.75, 3.05) is 17.6 Å². The number of carbonyl (C=O) groups is 2. The largest absolute Gasteiger partial charge is 0.397 e. The van der Waals surface area contributed by atoms with Crippen LogP contribution in [-0.4, -0.2) is 18.4 Å². The van der Waals surface area contributed by atoms with Crippen LogP contribution >= 0.6 is 0 Å². The van der Waals surface area contributed by atoms with Gasteiger partial charge in [-0.05, 0) is 25.1 Å². The molecule has 2 aromatic rings. The van der Waals surface area contributed by atoms with Gasteiger partial charge in [0, 0.05) is 17.7 Å². The van der Waals surface area contributed by atoms with Gasteiger partial charge in [0.05, 0.1) is 11.4 Å². The van der Waals surface area contributed by atoms with Gasteiger partial charge < -0.3 is 16.4 Å². The van der Waals surface area contributed by atoms with E-state index in [-0.39, 0.29) is 11.8 Å². The van der Waals surface area contributed by atoms with E-state index >= 15 is 0 Å². The number of hydrogen-bond donors (Lipinski definition) is 3. The second-order valence-electron chi connectivity index (χ2n) is 4.48. The van der Waals surface area contributed by atoms with Crippen molar-refractivity contribution >= 4 is 23.2 Å². The van der Waals surface area contributed by atoms with Crippen LogP contribution in [0.15, 0.2) is 48.5 Å². The molecule has 0 spiro atoms. The minimum atomic E-state index is -0.327. The third-order valence-electron chi connectivity index (χ3n) is 2.94. The van der Waals surface area contributed by atoms with Crippen molar-refractivity contribution in [2.45, 2.75) is 6.92 Å². The minimum Gasteiger partial charge on any atom is -0.397 e. The standard InChI is InChI=1S/C16H17N3O2/c1-2-18-16(21)19-14-9-8-12(10-13(14)17)15(20)11-6-4-3-5-7-11/h3-10H,2,17H2,1H3,(H2,18,19,21). The monoisotopic (exact) mass is 283 g/mol. The highest BCUT2D eigenvalue weighted by atomic mass is 16.2. The molecule has 0 aliphatic carbocycles. The summed E-state index contributed by atoms with van der Waals surface area (Å²) in [5.74, 6) is -0.105. The van der Waals surface area contributed by atoms with Gasteiger partial charge >= 0.3 is 6.03 Å². The fourth-order valence-electron chi connectivity index (χ4n) is 1.90. The molecule has 0 aromatic heterocycles. The maximum Gasteiger partial charge on any atom is 0.319 e. The summed E-state index contributed by atoms with van der Waals surface area (Å²) in [6.07, 6.45) is 0. The summed E-state index contributed by atoms with van der Waals surface area (Å²) in [5.41, 5.74) is 7.80. The Morgan fingerprint density at radius 2 is 1.76 bits per heavy atom. The number of hydrogen-bond acceptors (Lipinski definition) is 3. The van der Waals surface area contributed by atoms with Gasteiger partial charge in [0.2, 0.25) is 0 Å². The lowest BCUT2D eigenvalue weighted by molar-refractivity contribution is 0.103. The van der Waals surface area contributed by atoms with Gasteiger partial charge in [-0.25, -0.2) is 4.79 Å². The second kappa shape index (κ2) is 6.56. The second-order valence-corrected chi connectivity index (χ2v) is 4.48. The topological polar surface area (TPSA) is 84.2 Å². The van der Waals surface area contributed by atoms with Gasteiger partial charge in [-0.15, -0.1) is 0 Å². The van der Waals surface area contributed by atoms with E-state index in [2.05, 4.69) is 10.6 Å². The van der Waals surface area contributed by atoms with E-state index in [0.29, 0.717) is 29.0 Å². The zero-order valence-corrected chi connectivity index (χ0v) is 11.7. The quantitative estimate of drug-likeness (QED) is 0.595. The molecule has 2 rings (SSSR count). The molecule has 0 bridgehead atoms. The summed E-state index contributed by atoms with van der Waals surface area (Å²) in [7, 11) is 0. The predicted molar refractivity (Wildman–Crippen MR) is 83.4 cm³/mol. The fraction of sp³-hybridized carbons (Fsp3) is 0.125. The molecular formula is C16H17N3O2. The molecule has 5 nitrogen and oxygen atoms in total. The molecule has 0 unspecified atom stereocenters. The normalized spacial score (nSPS) is 9.95. The molecule has 0 aliphatic heterocycles. The molecule has 0 heterocycles. The Morgan fingerprint density at radius 1 is 1.05 bits per heavy atom. The summed E-state index contributed by atoms with van der Waals surface area (Å²) in [5, 5.41) is 5.24. The van der Waals surface area contributed by atoms with Crippen molar-refractivity contribution in [3.05, 3.63) is 59.7 Å². The van der Waals surface area contributed by atoms with Crippen LogP contribution in [0.4, 0.5) is 16.2 Å². The molecule has 0 saturated carbocycles. The van der Waals surface area contributed by atoms with E-state index in [0.717, 1.165) is 0 Å². The molecule has 21 heavy (non-hydrogen) atoms. The van der Waals surface area contributed by atoms with Crippen LogP contribution < -0.4 is 16.4 Å². The Labute approximate surface area is 123 Å². The van der Waals surface area contributed by atoms with E-state index in [1.807, 2.05) is 25.1 Å². The van der Waals surface area contributed by atoms with Crippen LogP contribution in [0.2, 0.25) is 0 Å². The third kappa shape index (κ3) is 3.60. The third-order valence-corrected chi connectivity index (χ3v) is 2.94. The lowest BCUT2D eigenvalue weighted by Crippen LogP contribution is -2.28. The van der Waals surface area contributed by atoms with Crippen LogP contribution in [-0.2, 0) is 0 Å². The van der Waals surface area contributed by atoms with Gasteiger partial charge in [0.25, 0.3) is 0 Å². The molecule has 4 N–H and O–H groups in total. The van der Waals surface area contributed by atoms with Crippen LogP contribution in [0.5, 0.6) is 0 Å². The first-order valence-electron chi connectivity index (χ1n) is 6.66. The molecule has 108 valence electrons. The number of amides is 2. The van der Waals surface area contributed by atoms with E-state index in [1.54, 1.807) is 30.3 Å². The minimum absolute atomic E-state index is 0.105. The molecule has 0 aliphatic rings. The van der Waals surface area contributed by atoms with Crippen molar-refractivity contribution in [2.24, 2.45) is 0 Å². The maximum atomic E-state index is 12.3. The molecule has 0 fully saturated rings. The summed E-state index contributed by atoms with van der Waals surface area (Å²) in [6, 6.07) is 13.5. The predicted octanol–water partition coefficient (Wildman–Crippen LogP) is 2.64. The SMILES string of the molecule is CCNC(=O)Nc1ccc(C(=O)c2ccccc2)cc1N. The Bertz CT molecular complexity index is 654. The number of rotatable bonds is 4. The zero-order chi connectivity index (χ0) is 15.2. The van der Waals surface area contributed by atoms with E-state index < -0.39 is 0 Å². The molecule has 5 heteroatoms. The van der Waals surface area contributed by atoms with Gasteiger partial charge in [0.15, 0.2) is 5.78 Å². The number of carbonyl (C=O) groups excluding carboxylic acids is 2. The fourth-order valence-corrected chi connectivity index (χ4v) is 1.90. The number of nitrogens with two attached hydrogens (primary N) is 1. The van der Waals surface area contributed by atoms with Crippen LogP contribution in [0.3, 0.4) is 0 Å². The van der Waals surface area contributed by atoms with E-state index in [9.17, 15) is 9.59 Å². The van der Waals surface area contributed by atoms with E-state index in [1.165, 1.54) is 0 Å². The lowest BCUT2D eigenvalue weighted by Gasteiger charge is -2.10. The molecule has 2 amide bonds. The molecule has 0 atom stereocenters. The van der Waals surface area contributed by atoms with Gasteiger partial charge in [-0.3, -0.25) is 4.79 Å². The maximum absolute atomic E-state index is 12.3. The van der Waals surface area contributed by atoms with E-state index in [4.69, 9.17) is 5.73 Å². The summed E-state index contributed by atoms with van der Waals surface area (Å²) in [4.78, 5) is 23.7. The Balaban J connectivity index is 2.19. The van der Waals surface area contributed by atoms with Crippen molar-refractivity contribution in [1.82, 2.24) is 5.32 Å². The van der Waals surface area contributed by atoms with Gasteiger partial charge in [-0.2, -0.15) is 0 Å². The Hall–Kier alpha value is -2.82. The van der Waals surface area contributed by atoms with Crippen LogP contribution in [0, 0.1) is 0 Å². The average molecular weight is 283 g/mol. The van der Waals surface area contributed by atoms with Crippen LogP contribution in [0.1, 0.15) is 22.8 Å². The number of benzene rings is 2. The van der Waals surface area contributed by atoms with Gasteiger partial charge in [0.1, 0.15) is 0 Å². The van der Waals surface area contributed by atoms with Crippen molar-refractivity contribution in [3.63, 3.8) is 0 Å². The average Bonchev–Trinajstić information content (AvgIpc) is 2.50. The summed E-state index contributed by atoms with van der Waals surface area (Å²) >= 11 is 0. The number of anilines is 2. The summed E-state index contributed by atoms with van der Waals surface area (Å²) < 4.78 is 0. The molecule has 0 radical (unpaired) electrons. The number of urea groups is 1. The molecule has 2 aromatic carbocycles. The first-order chi connectivity index (χ1) is 10.1. The van der Waals surface area contributed by atoms with Crippen LogP contribution in [0.25, 0.3) is 0 Å². The summed E-state index contributed by atoms with van der Waals surface area (Å²) in [6.45, 7) is 2.35. The Kier molecular flexibility index (Phi) is 4.56. The smallest absolute Gasteiger partial charge is 0.319 e. The number of nitrogens with one attached hydrogen (secondary N) is 2. The molecular weight excluding hydrogens is 266 g/mol. The Morgan fingerprint density at radius 3 is 2.38 bits per heavy atom. The number of nitrogen functional groups attached to an aromatic ring is 1. The van der Waals surface area contributed by atoms with Crippen molar-refractivity contribution in [3.8, 4) is 0 Å².